The average molecular weight is 634 g/mol. The van der Waals surface area contributed by atoms with Crippen molar-refractivity contribution < 1.29 is 83.7 Å². The Morgan fingerprint density at radius 1 is 1.10 bits per heavy atom. The molecule has 198 valence electrons. The maximum absolute atomic E-state index is 13.0. The number of carbonyl (C=O) groups excluding carboxylic acids is 3. The Morgan fingerprint density at radius 3 is 2.48 bits per heavy atom. The van der Waals surface area contributed by atoms with Crippen molar-refractivity contribution in [2.24, 2.45) is 0 Å². The first kappa shape index (κ1) is 33.6. The van der Waals surface area contributed by atoms with Gasteiger partial charge in [0.15, 0.2) is 8.68 Å². The summed E-state index contributed by atoms with van der Waals surface area (Å²) in [5.74, 6) is -2.36. The van der Waals surface area contributed by atoms with Crippen LogP contribution in [0.4, 0.5) is 0 Å². The van der Waals surface area contributed by atoms with Crippen LogP contribution in [0.15, 0.2) is 74.3 Å². The van der Waals surface area contributed by atoms with Gasteiger partial charge in [-0.05, 0) is 23.3 Å². The smallest absolute Gasteiger partial charge is 0.549 e. The number of nitrogens with one attached hydrogen (secondary N) is 1. The zero-order valence-corrected chi connectivity index (χ0v) is 29.0. The molecule has 4 heterocycles. The second-order valence-corrected chi connectivity index (χ2v) is 13.0. The first-order valence-corrected chi connectivity index (χ1v) is 15.3. The molecule has 1 saturated heterocycles. The van der Waals surface area contributed by atoms with Crippen molar-refractivity contribution >= 4 is 64.5 Å². The number of thioether (sulfide) groups is 3. The zero-order chi connectivity index (χ0) is 26.6. The number of carbonyl (C=O) groups is 3. The number of fused-ring (bicyclic) bond motifs is 1. The maximum atomic E-state index is 13.0. The number of carboxylic acid groups (broad SMARTS) is 2. The first-order valence-electron chi connectivity index (χ1n) is 11.5. The third-order valence-corrected chi connectivity index (χ3v) is 10.5. The predicted molar refractivity (Wildman–Crippen MR) is 142 cm³/mol. The standard InChI is InChI=1S/C24H23N5O5S4.2Na/c30-17(31)13-37-24-27-26-23(38-24)36-12-15-11-35-21-18(20(32)29(21)19(15)22(33)34)25-16-6-8-28(9-7-16)10-14-4-2-1-3-5-14;;/h1-8,18,21,25H,9-13H2,(H,30,31)(H,33,34);;/q;2*+1/p-2/t18-,21-;;/m1../s1. The van der Waals surface area contributed by atoms with E-state index in [1.165, 1.54) is 45.3 Å². The number of benzene rings is 1. The molecule has 1 aromatic carbocycles. The van der Waals surface area contributed by atoms with Gasteiger partial charge in [0.2, 0.25) is 0 Å². The van der Waals surface area contributed by atoms with Crippen LogP contribution < -0.4 is 74.6 Å². The van der Waals surface area contributed by atoms with Gasteiger partial charge in [-0.3, -0.25) is 9.69 Å². The first-order chi connectivity index (χ1) is 18.4. The Morgan fingerprint density at radius 2 is 1.82 bits per heavy atom. The fourth-order valence-corrected chi connectivity index (χ4v) is 8.34. The van der Waals surface area contributed by atoms with Crippen molar-refractivity contribution in [3.05, 3.63) is 71.2 Å². The monoisotopic (exact) mass is 633 g/mol. The Balaban J connectivity index is 0.00000220. The molecule has 0 bridgehead atoms. The molecule has 1 N–H and O–H groups in total. The normalized spacial score (nSPS) is 19.6. The maximum Gasteiger partial charge on any atom is 1.00 e. The van der Waals surface area contributed by atoms with Gasteiger partial charge >= 0.3 is 59.1 Å². The van der Waals surface area contributed by atoms with Crippen molar-refractivity contribution in [1.29, 1.82) is 0 Å². The molecule has 2 atom stereocenters. The molecule has 2 aromatic rings. The van der Waals surface area contributed by atoms with E-state index in [1.807, 2.05) is 36.6 Å². The minimum absolute atomic E-state index is 0. The van der Waals surface area contributed by atoms with Gasteiger partial charge in [0.25, 0.3) is 5.91 Å². The van der Waals surface area contributed by atoms with Crippen molar-refractivity contribution in [2.45, 2.75) is 26.6 Å². The topological polar surface area (TPSA) is 142 Å². The number of allylic oxidation sites excluding steroid dienone is 1. The van der Waals surface area contributed by atoms with Gasteiger partial charge in [-0.15, -0.1) is 22.0 Å². The van der Waals surface area contributed by atoms with E-state index in [0.29, 0.717) is 32.3 Å². The summed E-state index contributed by atoms with van der Waals surface area (Å²) in [5.41, 5.74) is 2.54. The molecule has 1 fully saturated rings. The summed E-state index contributed by atoms with van der Waals surface area (Å²) in [6.45, 7) is 1.48. The van der Waals surface area contributed by atoms with Gasteiger partial charge < -0.3 is 30.0 Å². The number of nitrogens with zero attached hydrogens (tertiary/aromatic N) is 4. The number of aromatic nitrogens is 2. The molecular weight excluding hydrogens is 613 g/mol. The van der Waals surface area contributed by atoms with E-state index in [0.717, 1.165) is 24.0 Å². The zero-order valence-electron chi connectivity index (χ0n) is 21.8. The molecule has 10 nitrogen and oxygen atoms in total. The Kier molecular flexibility index (Phi) is 13.0. The van der Waals surface area contributed by atoms with Crippen molar-refractivity contribution in [3.63, 3.8) is 0 Å². The Labute approximate surface area is 292 Å². The number of β-lactam (4-membered cyclic amide) rings is 1. The van der Waals surface area contributed by atoms with Crippen LogP contribution in [0, 0.1) is 0 Å². The van der Waals surface area contributed by atoms with Crippen molar-refractivity contribution in [2.75, 3.05) is 23.8 Å². The van der Waals surface area contributed by atoms with Gasteiger partial charge in [-0.2, -0.15) is 0 Å². The summed E-state index contributed by atoms with van der Waals surface area (Å²) < 4.78 is 1.07. The van der Waals surface area contributed by atoms with E-state index in [4.69, 9.17) is 0 Å². The molecule has 0 spiro atoms. The summed E-state index contributed by atoms with van der Waals surface area (Å²) in [5, 5.41) is 33.5. The molecule has 5 rings (SSSR count). The van der Waals surface area contributed by atoms with Crippen LogP contribution in [0.25, 0.3) is 0 Å². The molecule has 3 aliphatic heterocycles. The van der Waals surface area contributed by atoms with Gasteiger partial charge in [0, 0.05) is 42.2 Å². The Bertz CT molecular complexity index is 1340. The van der Waals surface area contributed by atoms with Crippen LogP contribution in [-0.2, 0) is 20.9 Å². The summed E-state index contributed by atoms with van der Waals surface area (Å²) in [4.78, 5) is 39.1. The van der Waals surface area contributed by atoms with E-state index in [-0.39, 0.29) is 81.8 Å². The van der Waals surface area contributed by atoms with Crippen LogP contribution in [0.2, 0.25) is 0 Å². The largest absolute Gasteiger partial charge is 1.00 e. The molecule has 0 saturated carbocycles. The fraction of sp³-hybridized carbons (Fsp3) is 0.292. The SMILES string of the molecule is O=C([O-])CSc1nnc(SCC2=C(C(=O)[O-])N3C(=O)[C@@H](NC4=CCN(Cc5ccccc5)C=C4)[C@H]3SC2)s1.[Na+].[Na+]. The molecule has 1 aromatic heterocycles. The van der Waals surface area contributed by atoms with E-state index in [2.05, 4.69) is 32.5 Å². The predicted octanol–water partition coefficient (Wildman–Crippen LogP) is -5.73. The van der Waals surface area contributed by atoms with Crippen LogP contribution in [0.5, 0.6) is 0 Å². The van der Waals surface area contributed by atoms with Crippen molar-refractivity contribution in [1.82, 2.24) is 25.3 Å². The van der Waals surface area contributed by atoms with E-state index in [9.17, 15) is 24.6 Å². The number of carboxylic acids is 2. The summed E-state index contributed by atoms with van der Waals surface area (Å²) in [6.07, 6.45) is 5.93. The minimum Gasteiger partial charge on any atom is -0.549 e. The summed E-state index contributed by atoms with van der Waals surface area (Å²) >= 11 is 5.04. The minimum atomic E-state index is -1.38. The van der Waals surface area contributed by atoms with E-state index >= 15 is 0 Å². The molecule has 3 aliphatic rings. The van der Waals surface area contributed by atoms with Crippen molar-refractivity contribution in [3.8, 4) is 0 Å². The Hall–Kier alpha value is -0.940. The van der Waals surface area contributed by atoms with E-state index in [1.54, 1.807) is 0 Å². The number of hydrogen-bond acceptors (Lipinski definition) is 13. The third-order valence-electron chi connectivity index (χ3n) is 5.87. The van der Waals surface area contributed by atoms with Gasteiger partial charge in [-0.1, -0.05) is 65.2 Å². The second kappa shape index (κ2) is 15.5. The quantitative estimate of drug-likeness (QED) is 0.143. The van der Waals surface area contributed by atoms with Crippen LogP contribution in [-0.4, -0.2) is 73.1 Å². The molecule has 0 aliphatic carbocycles. The number of hydrogen-bond donors (Lipinski definition) is 1. The summed E-state index contributed by atoms with van der Waals surface area (Å²) in [7, 11) is 0. The van der Waals surface area contributed by atoms with Gasteiger partial charge in [0.05, 0.1) is 17.6 Å². The number of amides is 1. The molecule has 16 heteroatoms. The summed E-state index contributed by atoms with van der Waals surface area (Å²) in [6, 6.07) is 9.64. The molecule has 40 heavy (non-hydrogen) atoms. The average Bonchev–Trinajstić information content (AvgIpc) is 3.38. The van der Waals surface area contributed by atoms with Gasteiger partial charge in [-0.25, -0.2) is 0 Å². The van der Waals surface area contributed by atoms with Crippen LogP contribution in [0.3, 0.4) is 0 Å². The molecule has 0 unspecified atom stereocenters. The third kappa shape index (κ3) is 8.12. The molecule has 0 radical (unpaired) electrons. The number of rotatable bonds is 11. The van der Waals surface area contributed by atoms with Crippen LogP contribution >= 0.6 is 46.6 Å². The number of aliphatic carboxylic acids is 2. The van der Waals surface area contributed by atoms with E-state index < -0.39 is 18.0 Å². The fourth-order valence-electron chi connectivity index (χ4n) is 4.12. The van der Waals surface area contributed by atoms with Gasteiger partial charge in [0.1, 0.15) is 11.4 Å². The second-order valence-electron chi connectivity index (χ2n) is 8.44. The molecule has 1 amide bonds. The molecular formula is C24H21N5Na2O5S4. The van der Waals surface area contributed by atoms with Crippen LogP contribution in [0.1, 0.15) is 5.56 Å².